The molecule has 0 aliphatic rings. The first kappa shape index (κ1) is 26.3. The summed E-state index contributed by atoms with van der Waals surface area (Å²) < 4.78 is 1.67. The molecule has 1 heterocycles. The summed E-state index contributed by atoms with van der Waals surface area (Å²) in [4.78, 5) is 34.1. The van der Waals surface area contributed by atoms with Crippen molar-refractivity contribution < 1.29 is 4.79 Å². The smallest absolute Gasteiger partial charge is 0.266 e. The van der Waals surface area contributed by atoms with Gasteiger partial charge in [0.15, 0.2) is 0 Å². The Morgan fingerprint density at radius 1 is 0.892 bits per heavy atom. The molecule has 0 fully saturated rings. The molecule has 4 aromatic rings. The van der Waals surface area contributed by atoms with Gasteiger partial charge in [-0.2, -0.15) is 0 Å². The maximum Gasteiger partial charge on any atom is 0.266 e. The molecule has 5 heteroatoms. The Kier molecular flexibility index (Phi) is 8.54. The highest BCUT2D eigenvalue weighted by molar-refractivity contribution is 5.94. The molecule has 192 valence electrons. The highest BCUT2D eigenvalue weighted by atomic mass is 16.2. The van der Waals surface area contributed by atoms with E-state index >= 15 is 0 Å². The van der Waals surface area contributed by atoms with Gasteiger partial charge in [0.1, 0.15) is 5.82 Å². The van der Waals surface area contributed by atoms with Gasteiger partial charge in [0.05, 0.1) is 22.6 Å². The van der Waals surface area contributed by atoms with Gasteiger partial charge >= 0.3 is 0 Å². The Labute approximate surface area is 219 Å². The number of carbonyl (C=O) groups excluding carboxylic acids is 1. The SMILES string of the molecule is CCCCCc1ccc(C(=O)N(CC)C(C)c2nc3ccccc3c(=O)n2-c2ccc(CC)cc2)cc1. The van der Waals surface area contributed by atoms with Gasteiger partial charge in [-0.05, 0) is 80.6 Å². The maximum atomic E-state index is 13.7. The van der Waals surface area contributed by atoms with Crippen molar-refractivity contribution in [3.8, 4) is 5.69 Å². The Morgan fingerprint density at radius 3 is 2.22 bits per heavy atom. The molecule has 0 spiro atoms. The van der Waals surface area contributed by atoms with Crippen LogP contribution in [0.3, 0.4) is 0 Å². The fourth-order valence-electron chi connectivity index (χ4n) is 4.85. The molecule has 0 aliphatic carbocycles. The summed E-state index contributed by atoms with van der Waals surface area (Å²) in [5.74, 6) is 0.490. The molecular weight excluding hydrogens is 458 g/mol. The summed E-state index contributed by atoms with van der Waals surface area (Å²) in [5, 5.41) is 0.561. The molecule has 1 aromatic heterocycles. The van der Waals surface area contributed by atoms with Gasteiger partial charge in [-0.1, -0.05) is 63.1 Å². The van der Waals surface area contributed by atoms with Gasteiger partial charge in [0.25, 0.3) is 11.5 Å². The Bertz CT molecular complexity index is 1410. The lowest BCUT2D eigenvalue weighted by Gasteiger charge is -2.29. The molecule has 4 rings (SSSR count). The van der Waals surface area contributed by atoms with Crippen LogP contribution < -0.4 is 5.56 Å². The van der Waals surface area contributed by atoms with Gasteiger partial charge in [0.2, 0.25) is 0 Å². The van der Waals surface area contributed by atoms with Crippen LogP contribution in [0.2, 0.25) is 0 Å². The third-order valence-corrected chi connectivity index (χ3v) is 7.12. The van der Waals surface area contributed by atoms with Crippen LogP contribution in [-0.2, 0) is 12.8 Å². The predicted octanol–water partition coefficient (Wildman–Crippen LogP) is 6.90. The van der Waals surface area contributed by atoms with E-state index in [1.807, 2.05) is 68.4 Å². The zero-order valence-electron chi connectivity index (χ0n) is 22.4. The number of aryl methyl sites for hydroxylation is 2. The number of hydrogen-bond donors (Lipinski definition) is 0. The Balaban J connectivity index is 1.73. The van der Waals surface area contributed by atoms with Crippen molar-refractivity contribution >= 4 is 16.8 Å². The molecular formula is C32H37N3O2. The second-order valence-electron chi connectivity index (χ2n) is 9.57. The molecule has 0 aliphatic heterocycles. The number of fused-ring (bicyclic) bond motifs is 1. The number of nitrogens with zero attached hydrogens (tertiary/aromatic N) is 3. The summed E-state index contributed by atoms with van der Waals surface area (Å²) in [6.45, 7) is 8.72. The van der Waals surface area contributed by atoms with Crippen molar-refractivity contribution in [2.45, 2.75) is 65.8 Å². The largest absolute Gasteiger partial charge is 0.329 e. The highest BCUT2D eigenvalue weighted by Crippen LogP contribution is 2.25. The van der Waals surface area contributed by atoms with Crippen LogP contribution in [0.15, 0.2) is 77.6 Å². The monoisotopic (exact) mass is 495 g/mol. The Hall–Kier alpha value is -3.73. The number of para-hydroxylation sites is 1. The van der Waals surface area contributed by atoms with E-state index in [2.05, 4.69) is 26.0 Å². The molecule has 0 radical (unpaired) electrons. The van der Waals surface area contributed by atoms with Crippen LogP contribution in [0.4, 0.5) is 0 Å². The molecule has 1 amide bonds. The normalized spacial score (nSPS) is 12.0. The molecule has 0 saturated carbocycles. The predicted molar refractivity (Wildman–Crippen MR) is 152 cm³/mol. The van der Waals surface area contributed by atoms with E-state index in [1.54, 1.807) is 15.5 Å². The first-order valence-electron chi connectivity index (χ1n) is 13.5. The fourth-order valence-corrected chi connectivity index (χ4v) is 4.85. The lowest BCUT2D eigenvalue weighted by Crippen LogP contribution is -2.37. The third-order valence-electron chi connectivity index (χ3n) is 7.12. The number of carbonyl (C=O) groups is 1. The summed E-state index contributed by atoms with van der Waals surface area (Å²) in [5.41, 5.74) is 4.36. The van der Waals surface area contributed by atoms with E-state index < -0.39 is 6.04 Å². The number of unbranched alkanes of at least 4 members (excludes halogenated alkanes) is 2. The van der Waals surface area contributed by atoms with Crippen molar-refractivity contribution in [3.63, 3.8) is 0 Å². The summed E-state index contributed by atoms with van der Waals surface area (Å²) in [6, 6.07) is 22.9. The number of aromatic nitrogens is 2. The fraction of sp³-hybridized carbons (Fsp3) is 0.344. The van der Waals surface area contributed by atoms with Crippen molar-refractivity contribution in [2.75, 3.05) is 6.54 Å². The van der Waals surface area contributed by atoms with Crippen molar-refractivity contribution in [1.29, 1.82) is 0 Å². The third kappa shape index (κ3) is 5.66. The van der Waals surface area contributed by atoms with E-state index in [-0.39, 0.29) is 11.5 Å². The second-order valence-corrected chi connectivity index (χ2v) is 9.57. The van der Waals surface area contributed by atoms with Gasteiger partial charge in [0, 0.05) is 12.1 Å². The van der Waals surface area contributed by atoms with Crippen LogP contribution in [0.5, 0.6) is 0 Å². The van der Waals surface area contributed by atoms with Gasteiger partial charge in [-0.25, -0.2) is 4.98 Å². The van der Waals surface area contributed by atoms with E-state index in [4.69, 9.17) is 4.98 Å². The summed E-state index contributed by atoms with van der Waals surface area (Å²) in [6.07, 6.45) is 5.51. The average molecular weight is 496 g/mol. The van der Waals surface area contributed by atoms with Crippen molar-refractivity contribution in [2.24, 2.45) is 0 Å². The zero-order valence-corrected chi connectivity index (χ0v) is 22.4. The van der Waals surface area contributed by atoms with Gasteiger partial charge in [-0.3, -0.25) is 14.2 Å². The molecule has 0 N–H and O–H groups in total. The molecule has 1 atom stereocenters. The lowest BCUT2D eigenvalue weighted by molar-refractivity contribution is 0.0693. The Morgan fingerprint density at radius 2 is 1.57 bits per heavy atom. The number of rotatable bonds is 10. The van der Waals surface area contributed by atoms with Crippen LogP contribution in [-0.4, -0.2) is 26.9 Å². The summed E-state index contributed by atoms with van der Waals surface area (Å²) in [7, 11) is 0. The first-order valence-corrected chi connectivity index (χ1v) is 13.5. The molecule has 0 saturated heterocycles. The molecule has 0 bridgehead atoms. The van der Waals surface area contributed by atoms with Crippen molar-refractivity contribution in [3.05, 3.63) is 106 Å². The minimum Gasteiger partial charge on any atom is -0.329 e. The zero-order chi connectivity index (χ0) is 26.4. The average Bonchev–Trinajstić information content (AvgIpc) is 2.94. The topological polar surface area (TPSA) is 55.2 Å². The molecule has 3 aromatic carbocycles. The van der Waals surface area contributed by atoms with E-state index in [0.717, 1.165) is 24.9 Å². The van der Waals surface area contributed by atoms with Crippen molar-refractivity contribution in [1.82, 2.24) is 14.5 Å². The molecule has 1 unspecified atom stereocenters. The minimum atomic E-state index is -0.412. The summed E-state index contributed by atoms with van der Waals surface area (Å²) >= 11 is 0. The van der Waals surface area contributed by atoms with E-state index in [9.17, 15) is 9.59 Å². The van der Waals surface area contributed by atoms with E-state index in [0.29, 0.717) is 28.8 Å². The van der Waals surface area contributed by atoms with Gasteiger partial charge < -0.3 is 4.90 Å². The number of amides is 1. The van der Waals surface area contributed by atoms with Crippen LogP contribution in [0.25, 0.3) is 16.6 Å². The van der Waals surface area contributed by atoms with Crippen LogP contribution >= 0.6 is 0 Å². The van der Waals surface area contributed by atoms with Crippen LogP contribution in [0.1, 0.15) is 80.3 Å². The van der Waals surface area contributed by atoms with Gasteiger partial charge in [-0.15, -0.1) is 0 Å². The minimum absolute atomic E-state index is 0.0644. The van der Waals surface area contributed by atoms with E-state index in [1.165, 1.54) is 24.0 Å². The maximum absolute atomic E-state index is 13.7. The second kappa shape index (κ2) is 12.0. The number of benzene rings is 3. The molecule has 5 nitrogen and oxygen atoms in total. The standard InChI is InChI=1S/C32H37N3O2/c1-5-8-9-12-25-15-19-26(20-16-25)31(36)34(7-3)23(4)30-33-29-14-11-10-13-28(29)32(37)35(30)27-21-17-24(6-2)18-22-27/h10-11,13-23H,5-9,12H2,1-4H3. The quantitative estimate of drug-likeness (QED) is 0.225. The lowest BCUT2D eigenvalue weighted by atomic mass is 10.0. The first-order chi connectivity index (χ1) is 18.0. The highest BCUT2D eigenvalue weighted by Gasteiger charge is 2.26. The number of hydrogen-bond acceptors (Lipinski definition) is 3. The van der Waals surface area contributed by atoms with Crippen LogP contribution in [0, 0.1) is 0 Å². The molecule has 37 heavy (non-hydrogen) atoms.